The summed E-state index contributed by atoms with van der Waals surface area (Å²) in [7, 11) is 2.13. The number of likely N-dealkylation sites (N-methyl/N-ethyl adjacent to an activating group) is 1. The van der Waals surface area contributed by atoms with Gasteiger partial charge < -0.3 is 20.9 Å². The molecule has 136 valence electrons. The van der Waals surface area contributed by atoms with E-state index in [4.69, 9.17) is 5.73 Å². The summed E-state index contributed by atoms with van der Waals surface area (Å²) in [6.45, 7) is 8.25. The second kappa shape index (κ2) is 9.20. The number of nitrogens with two attached hydrogens (primary N) is 1. The number of nitrogens with zero attached hydrogens (tertiary/aromatic N) is 3. The molecule has 1 aliphatic heterocycles. The first-order valence-electron chi connectivity index (χ1n) is 8.38. The van der Waals surface area contributed by atoms with Gasteiger partial charge in [0.05, 0.1) is 5.54 Å². The number of aromatic nitrogens is 1. The average molecular weight is 356 g/mol. The third-order valence-electron chi connectivity index (χ3n) is 4.40. The van der Waals surface area contributed by atoms with Gasteiger partial charge in [-0.2, -0.15) is 0 Å². The van der Waals surface area contributed by atoms with Crippen molar-refractivity contribution >= 4 is 24.1 Å². The number of carbonyl (C=O) groups is 1. The Morgan fingerprint density at radius 1 is 1.38 bits per heavy atom. The molecule has 6 nitrogen and oxygen atoms in total. The fraction of sp³-hybridized carbons (Fsp3) is 0.647. The predicted molar refractivity (Wildman–Crippen MR) is 101 cm³/mol. The number of halogens is 1. The summed E-state index contributed by atoms with van der Waals surface area (Å²) in [6, 6.07) is 3.93. The van der Waals surface area contributed by atoms with E-state index in [0.717, 1.165) is 44.0 Å². The predicted octanol–water partition coefficient (Wildman–Crippen LogP) is 1.39. The Morgan fingerprint density at radius 3 is 2.67 bits per heavy atom. The van der Waals surface area contributed by atoms with Crippen molar-refractivity contribution in [3.05, 3.63) is 23.9 Å². The Balaban J connectivity index is 0.00000288. The zero-order chi connectivity index (χ0) is 16.9. The highest BCUT2D eigenvalue weighted by Crippen LogP contribution is 2.19. The van der Waals surface area contributed by atoms with E-state index in [1.54, 1.807) is 6.92 Å². The minimum absolute atomic E-state index is 0. The molecule has 0 radical (unpaired) electrons. The van der Waals surface area contributed by atoms with Crippen LogP contribution in [0, 0.1) is 0 Å². The standard InChI is InChI=1S/C17H29N5O.ClH/c1-4-7-17(2,18)16(23)20-13-14-6-5-8-19-15(14)22-11-9-21(3)10-12-22;/h5-6,8H,4,7,9-13,18H2,1-3H3,(H,20,23);1H. The molecule has 0 aromatic carbocycles. The van der Waals surface area contributed by atoms with Crippen LogP contribution in [0.4, 0.5) is 5.82 Å². The second-order valence-electron chi connectivity index (χ2n) is 6.63. The number of pyridine rings is 1. The number of piperazine rings is 1. The van der Waals surface area contributed by atoms with E-state index >= 15 is 0 Å². The van der Waals surface area contributed by atoms with Crippen molar-refractivity contribution in [2.24, 2.45) is 5.73 Å². The Labute approximate surface area is 151 Å². The van der Waals surface area contributed by atoms with Crippen LogP contribution in [-0.4, -0.2) is 54.6 Å². The van der Waals surface area contributed by atoms with Crippen molar-refractivity contribution in [1.29, 1.82) is 0 Å². The highest BCUT2D eigenvalue weighted by atomic mass is 35.5. The smallest absolute Gasteiger partial charge is 0.240 e. The molecule has 0 saturated carbocycles. The largest absolute Gasteiger partial charge is 0.354 e. The minimum Gasteiger partial charge on any atom is -0.354 e. The lowest BCUT2D eigenvalue weighted by Crippen LogP contribution is -2.51. The average Bonchev–Trinajstić information content (AvgIpc) is 2.53. The lowest BCUT2D eigenvalue weighted by atomic mass is 9.96. The van der Waals surface area contributed by atoms with Gasteiger partial charge in [0.15, 0.2) is 0 Å². The zero-order valence-electron chi connectivity index (χ0n) is 14.9. The van der Waals surface area contributed by atoms with Gasteiger partial charge in [-0.15, -0.1) is 12.4 Å². The van der Waals surface area contributed by atoms with Crippen molar-refractivity contribution in [2.45, 2.75) is 38.8 Å². The molecule has 0 spiro atoms. The van der Waals surface area contributed by atoms with Crippen LogP contribution in [-0.2, 0) is 11.3 Å². The topological polar surface area (TPSA) is 74.5 Å². The molecule has 1 aromatic rings. The maximum atomic E-state index is 12.3. The van der Waals surface area contributed by atoms with Crippen molar-refractivity contribution in [3.8, 4) is 0 Å². The van der Waals surface area contributed by atoms with Gasteiger partial charge in [0.2, 0.25) is 5.91 Å². The minimum atomic E-state index is -0.815. The summed E-state index contributed by atoms with van der Waals surface area (Å²) < 4.78 is 0. The molecule has 7 heteroatoms. The number of hydrogen-bond acceptors (Lipinski definition) is 5. The highest BCUT2D eigenvalue weighted by molar-refractivity contribution is 5.85. The first-order valence-corrected chi connectivity index (χ1v) is 8.38. The highest BCUT2D eigenvalue weighted by Gasteiger charge is 2.27. The molecule has 1 atom stereocenters. The van der Waals surface area contributed by atoms with Crippen molar-refractivity contribution in [3.63, 3.8) is 0 Å². The van der Waals surface area contributed by atoms with Gasteiger partial charge >= 0.3 is 0 Å². The summed E-state index contributed by atoms with van der Waals surface area (Å²) in [5.74, 6) is 0.864. The van der Waals surface area contributed by atoms with E-state index < -0.39 is 5.54 Å². The zero-order valence-corrected chi connectivity index (χ0v) is 15.7. The molecule has 3 N–H and O–H groups in total. The quantitative estimate of drug-likeness (QED) is 0.806. The SMILES string of the molecule is CCCC(C)(N)C(=O)NCc1cccnc1N1CCN(C)CC1.Cl. The van der Waals surface area contributed by atoms with Gasteiger partial charge in [0.25, 0.3) is 0 Å². The normalized spacial score (nSPS) is 17.8. The first kappa shape index (κ1) is 20.7. The van der Waals surface area contributed by atoms with Gasteiger partial charge in [-0.3, -0.25) is 4.79 Å². The maximum absolute atomic E-state index is 12.3. The molecule has 1 unspecified atom stereocenters. The van der Waals surface area contributed by atoms with Crippen LogP contribution in [0.1, 0.15) is 32.3 Å². The van der Waals surface area contributed by atoms with Gasteiger partial charge in [0.1, 0.15) is 5.82 Å². The number of rotatable bonds is 6. The third-order valence-corrected chi connectivity index (χ3v) is 4.40. The first-order chi connectivity index (χ1) is 10.9. The number of amides is 1. The summed E-state index contributed by atoms with van der Waals surface area (Å²) in [5.41, 5.74) is 6.31. The summed E-state index contributed by atoms with van der Waals surface area (Å²) >= 11 is 0. The van der Waals surface area contributed by atoms with Gasteiger partial charge in [-0.25, -0.2) is 4.98 Å². The molecule has 1 fully saturated rings. The van der Waals surface area contributed by atoms with E-state index in [0.29, 0.717) is 13.0 Å². The van der Waals surface area contributed by atoms with Crippen LogP contribution in [0.15, 0.2) is 18.3 Å². The molecule has 2 rings (SSSR count). The maximum Gasteiger partial charge on any atom is 0.240 e. The van der Waals surface area contributed by atoms with Crippen molar-refractivity contribution in [2.75, 3.05) is 38.1 Å². The summed E-state index contributed by atoms with van der Waals surface area (Å²) in [4.78, 5) is 21.4. The Bertz CT molecular complexity index is 529. The number of hydrogen-bond donors (Lipinski definition) is 2. The Hall–Kier alpha value is -1.37. The van der Waals surface area contributed by atoms with E-state index in [-0.39, 0.29) is 18.3 Å². The molecule has 1 aromatic heterocycles. The molecule has 1 amide bonds. The monoisotopic (exact) mass is 355 g/mol. The molecule has 1 aliphatic rings. The van der Waals surface area contributed by atoms with Gasteiger partial charge in [-0.05, 0) is 26.5 Å². The molecule has 0 bridgehead atoms. The molecular formula is C17H30ClN5O. The van der Waals surface area contributed by atoms with Crippen molar-refractivity contribution in [1.82, 2.24) is 15.2 Å². The molecule has 0 aliphatic carbocycles. The lowest BCUT2D eigenvalue weighted by molar-refractivity contribution is -0.126. The van der Waals surface area contributed by atoms with Crippen LogP contribution in [0.2, 0.25) is 0 Å². The van der Waals surface area contributed by atoms with Gasteiger partial charge in [0, 0.05) is 44.5 Å². The Kier molecular flexibility index (Phi) is 7.93. The molecule has 2 heterocycles. The lowest BCUT2D eigenvalue weighted by Gasteiger charge is -2.34. The third kappa shape index (κ3) is 5.33. The van der Waals surface area contributed by atoms with Crippen LogP contribution in [0.3, 0.4) is 0 Å². The van der Waals surface area contributed by atoms with Crippen LogP contribution in [0.5, 0.6) is 0 Å². The number of anilines is 1. The van der Waals surface area contributed by atoms with Crippen LogP contribution >= 0.6 is 12.4 Å². The Morgan fingerprint density at radius 2 is 2.04 bits per heavy atom. The fourth-order valence-corrected chi connectivity index (χ4v) is 2.88. The van der Waals surface area contributed by atoms with E-state index in [2.05, 4.69) is 27.1 Å². The molecule has 24 heavy (non-hydrogen) atoms. The van der Waals surface area contributed by atoms with E-state index in [9.17, 15) is 4.79 Å². The van der Waals surface area contributed by atoms with Crippen LogP contribution < -0.4 is 16.0 Å². The summed E-state index contributed by atoms with van der Waals surface area (Å²) in [5, 5.41) is 2.97. The number of carbonyl (C=O) groups excluding carboxylic acids is 1. The van der Waals surface area contributed by atoms with Gasteiger partial charge in [-0.1, -0.05) is 19.4 Å². The molecule has 1 saturated heterocycles. The van der Waals surface area contributed by atoms with Crippen molar-refractivity contribution < 1.29 is 4.79 Å². The number of nitrogens with one attached hydrogen (secondary N) is 1. The van der Waals surface area contributed by atoms with Crippen LogP contribution in [0.25, 0.3) is 0 Å². The molecular weight excluding hydrogens is 326 g/mol. The van der Waals surface area contributed by atoms with E-state index in [1.165, 1.54) is 0 Å². The van der Waals surface area contributed by atoms with E-state index in [1.807, 2.05) is 25.3 Å². The fourth-order valence-electron chi connectivity index (χ4n) is 2.88. The summed E-state index contributed by atoms with van der Waals surface area (Å²) in [6.07, 6.45) is 3.38. The second-order valence-corrected chi connectivity index (χ2v) is 6.63.